The van der Waals surface area contributed by atoms with Crippen molar-refractivity contribution >= 4 is 17.5 Å². The van der Waals surface area contributed by atoms with Crippen molar-refractivity contribution in [3.05, 3.63) is 59.4 Å². The van der Waals surface area contributed by atoms with Crippen molar-refractivity contribution in [1.29, 1.82) is 0 Å². The molecular formula is C32H44N4O2. The van der Waals surface area contributed by atoms with E-state index in [0.717, 1.165) is 74.7 Å². The van der Waals surface area contributed by atoms with Gasteiger partial charge in [0.2, 0.25) is 5.91 Å². The molecule has 1 aromatic carbocycles. The molecule has 2 heterocycles. The molecule has 1 saturated carbocycles. The minimum atomic E-state index is -1.11. The maximum atomic E-state index is 14.9. The lowest BCUT2D eigenvalue weighted by atomic mass is 9.74. The summed E-state index contributed by atoms with van der Waals surface area (Å²) in [6.07, 6.45) is 13.3. The molecule has 204 valence electrons. The smallest absolute Gasteiger partial charge is 0.253 e. The number of rotatable bonds is 5. The molecule has 0 bridgehead atoms. The van der Waals surface area contributed by atoms with Crippen molar-refractivity contribution in [3.63, 3.8) is 0 Å². The van der Waals surface area contributed by atoms with Crippen LogP contribution in [0, 0.1) is 0 Å². The third kappa shape index (κ3) is 4.88. The number of carbonyl (C=O) groups excluding carboxylic acids is 2. The number of hydrogen-bond acceptors (Lipinski definition) is 4. The number of benzene rings is 1. The number of fused-ring (bicyclic) bond motifs is 1. The standard InChI is InChI=1S/C32H44N4O2/c1-31(2,3)24-14-16-26(17-15-24)36(29(37)28-13-9-20-34-28)32(19-8-10-23-18-21-33-22-27(23)32)30(38)35(4)25-11-6-5-7-12-25/h14-18,21-22,25,28,34H,5-13,19-20H2,1-4H3. The number of amides is 2. The molecule has 1 aromatic heterocycles. The van der Waals surface area contributed by atoms with E-state index < -0.39 is 5.54 Å². The number of pyridine rings is 1. The van der Waals surface area contributed by atoms with Gasteiger partial charge in [-0.2, -0.15) is 0 Å². The Bertz CT molecular complexity index is 1140. The van der Waals surface area contributed by atoms with Crippen molar-refractivity contribution in [2.45, 2.75) is 108 Å². The SMILES string of the molecule is CN(C(=O)C1(N(C(=O)C2CCCN2)c2ccc(C(C)(C)C)cc2)CCCc2ccncc21)C1CCCCC1. The number of anilines is 1. The van der Waals surface area contributed by atoms with E-state index in [0.29, 0.717) is 6.42 Å². The zero-order valence-electron chi connectivity index (χ0n) is 23.6. The number of carbonyl (C=O) groups is 2. The van der Waals surface area contributed by atoms with Crippen LogP contribution < -0.4 is 10.2 Å². The van der Waals surface area contributed by atoms with E-state index in [4.69, 9.17) is 0 Å². The monoisotopic (exact) mass is 516 g/mol. The second-order valence-electron chi connectivity index (χ2n) is 12.6. The topological polar surface area (TPSA) is 65.5 Å². The van der Waals surface area contributed by atoms with Crippen LogP contribution in [-0.2, 0) is 27.0 Å². The summed E-state index contributed by atoms with van der Waals surface area (Å²) in [6.45, 7) is 7.41. The number of likely N-dealkylation sites (N-methyl/N-ethyl adjacent to an activating group) is 1. The molecule has 2 aliphatic carbocycles. The quantitative estimate of drug-likeness (QED) is 0.571. The molecule has 38 heavy (non-hydrogen) atoms. The van der Waals surface area contributed by atoms with Gasteiger partial charge in [-0.05, 0) is 86.2 Å². The molecule has 3 aliphatic rings. The summed E-state index contributed by atoms with van der Waals surface area (Å²) in [5.41, 5.74) is 2.90. The fourth-order valence-corrected chi connectivity index (χ4v) is 6.86. The Kier molecular flexibility index (Phi) is 7.63. The summed E-state index contributed by atoms with van der Waals surface area (Å²) in [5.74, 6) is 0.0256. The second kappa shape index (κ2) is 10.8. The minimum Gasteiger partial charge on any atom is -0.340 e. The highest BCUT2D eigenvalue weighted by Crippen LogP contribution is 2.45. The molecule has 1 saturated heterocycles. The molecule has 1 N–H and O–H groups in total. The Hall–Kier alpha value is -2.73. The van der Waals surface area contributed by atoms with Crippen LogP contribution in [0.1, 0.15) is 95.2 Å². The van der Waals surface area contributed by atoms with E-state index in [1.165, 1.54) is 12.0 Å². The maximum absolute atomic E-state index is 14.9. The van der Waals surface area contributed by atoms with Crippen molar-refractivity contribution in [3.8, 4) is 0 Å². The third-order valence-corrected chi connectivity index (χ3v) is 9.09. The first-order chi connectivity index (χ1) is 18.2. The van der Waals surface area contributed by atoms with Crippen LogP contribution in [0.25, 0.3) is 0 Å². The Morgan fingerprint density at radius 1 is 0.974 bits per heavy atom. The van der Waals surface area contributed by atoms with Crippen LogP contribution in [0.2, 0.25) is 0 Å². The summed E-state index contributed by atoms with van der Waals surface area (Å²) in [5, 5.41) is 3.42. The van der Waals surface area contributed by atoms with Gasteiger partial charge in [0.05, 0.1) is 6.04 Å². The van der Waals surface area contributed by atoms with E-state index in [9.17, 15) is 9.59 Å². The molecule has 2 fully saturated rings. The van der Waals surface area contributed by atoms with Crippen LogP contribution in [0.3, 0.4) is 0 Å². The molecule has 0 spiro atoms. The van der Waals surface area contributed by atoms with Crippen molar-refractivity contribution in [2.75, 3.05) is 18.5 Å². The first kappa shape index (κ1) is 26.9. The van der Waals surface area contributed by atoms with Gasteiger partial charge in [-0.25, -0.2) is 0 Å². The van der Waals surface area contributed by atoms with E-state index in [1.807, 2.05) is 47.4 Å². The van der Waals surface area contributed by atoms with Crippen LogP contribution >= 0.6 is 0 Å². The van der Waals surface area contributed by atoms with Gasteiger partial charge in [0.15, 0.2) is 5.54 Å². The molecule has 2 amide bonds. The normalized spacial score (nSPS) is 24.1. The molecular weight excluding hydrogens is 472 g/mol. The first-order valence-corrected chi connectivity index (χ1v) is 14.6. The van der Waals surface area contributed by atoms with Crippen molar-refractivity contribution < 1.29 is 9.59 Å². The summed E-state index contributed by atoms with van der Waals surface area (Å²) < 4.78 is 0. The molecule has 2 aromatic rings. The van der Waals surface area contributed by atoms with Crippen LogP contribution in [0.5, 0.6) is 0 Å². The average Bonchev–Trinajstić information content (AvgIpc) is 3.48. The molecule has 6 heteroatoms. The lowest BCUT2D eigenvalue weighted by molar-refractivity contribution is -0.142. The predicted octanol–water partition coefficient (Wildman–Crippen LogP) is 5.49. The van der Waals surface area contributed by atoms with Crippen molar-refractivity contribution in [1.82, 2.24) is 15.2 Å². The zero-order chi connectivity index (χ0) is 26.9. The van der Waals surface area contributed by atoms with E-state index >= 15 is 0 Å². The van der Waals surface area contributed by atoms with Crippen LogP contribution in [-0.4, -0.2) is 47.4 Å². The molecule has 1 aliphatic heterocycles. The van der Waals surface area contributed by atoms with E-state index in [2.05, 4.69) is 43.2 Å². The fraction of sp³-hybridized carbons (Fsp3) is 0.594. The molecule has 5 rings (SSSR count). The van der Waals surface area contributed by atoms with Gasteiger partial charge in [0.1, 0.15) is 0 Å². The molecule has 6 nitrogen and oxygen atoms in total. The summed E-state index contributed by atoms with van der Waals surface area (Å²) in [6, 6.07) is 10.3. The lowest BCUT2D eigenvalue weighted by Gasteiger charge is -2.49. The van der Waals surface area contributed by atoms with Gasteiger partial charge in [-0.1, -0.05) is 52.2 Å². The molecule has 2 unspecified atom stereocenters. The van der Waals surface area contributed by atoms with Gasteiger partial charge >= 0.3 is 0 Å². The number of nitrogens with zero attached hydrogens (tertiary/aromatic N) is 3. The Balaban J connectivity index is 1.68. The van der Waals surface area contributed by atoms with Gasteiger partial charge in [-0.15, -0.1) is 0 Å². The highest BCUT2D eigenvalue weighted by Gasteiger charge is 2.54. The predicted molar refractivity (Wildman–Crippen MR) is 152 cm³/mol. The highest BCUT2D eigenvalue weighted by atomic mass is 16.2. The Labute approximate surface area is 228 Å². The first-order valence-electron chi connectivity index (χ1n) is 14.6. The van der Waals surface area contributed by atoms with Crippen LogP contribution in [0.15, 0.2) is 42.7 Å². The van der Waals surface area contributed by atoms with Gasteiger partial charge in [0.25, 0.3) is 5.91 Å². The summed E-state index contributed by atoms with van der Waals surface area (Å²) in [4.78, 5) is 37.8. The van der Waals surface area contributed by atoms with E-state index in [1.54, 1.807) is 0 Å². The van der Waals surface area contributed by atoms with Gasteiger partial charge in [0, 0.05) is 36.7 Å². The van der Waals surface area contributed by atoms with Crippen molar-refractivity contribution in [2.24, 2.45) is 0 Å². The summed E-state index contributed by atoms with van der Waals surface area (Å²) >= 11 is 0. The molecule has 0 radical (unpaired) electrons. The second-order valence-corrected chi connectivity index (χ2v) is 12.6. The summed E-state index contributed by atoms with van der Waals surface area (Å²) in [7, 11) is 1.96. The zero-order valence-corrected chi connectivity index (χ0v) is 23.6. The fourth-order valence-electron chi connectivity index (χ4n) is 6.86. The van der Waals surface area contributed by atoms with E-state index in [-0.39, 0.29) is 29.3 Å². The minimum absolute atomic E-state index is 0.00353. The van der Waals surface area contributed by atoms with Gasteiger partial charge in [-0.3, -0.25) is 19.5 Å². The average molecular weight is 517 g/mol. The molecule has 2 atom stereocenters. The van der Waals surface area contributed by atoms with Crippen LogP contribution in [0.4, 0.5) is 5.69 Å². The van der Waals surface area contributed by atoms with Gasteiger partial charge < -0.3 is 10.2 Å². The number of aromatic nitrogens is 1. The lowest BCUT2D eigenvalue weighted by Crippen LogP contribution is -2.64. The third-order valence-electron chi connectivity index (χ3n) is 9.09. The largest absolute Gasteiger partial charge is 0.340 e. The maximum Gasteiger partial charge on any atom is 0.253 e. The number of hydrogen-bond donors (Lipinski definition) is 1. The highest BCUT2D eigenvalue weighted by molar-refractivity contribution is 6.06. The Morgan fingerprint density at radius 2 is 1.71 bits per heavy atom. The number of aryl methyl sites for hydroxylation is 1. The number of nitrogens with one attached hydrogen (secondary N) is 1. The Morgan fingerprint density at radius 3 is 2.37 bits per heavy atom.